The zero-order chi connectivity index (χ0) is 12.0. The fraction of sp³-hybridized carbons (Fsp3) is 0.600. The van der Waals surface area contributed by atoms with Gasteiger partial charge in [0.25, 0.3) is 5.91 Å². The normalized spacial score (nSPS) is 9.81. The third kappa shape index (κ3) is 2.79. The molecule has 0 aromatic carbocycles. The Balaban J connectivity index is 2.71. The minimum absolute atomic E-state index is 0.177. The molecule has 0 saturated heterocycles. The number of aromatic amines is 1. The predicted octanol–water partition coefficient (Wildman–Crippen LogP) is 0.743. The van der Waals surface area contributed by atoms with Crippen LogP contribution in [-0.2, 0) is 6.42 Å². The topological polar surface area (TPSA) is 85.7 Å². The summed E-state index contributed by atoms with van der Waals surface area (Å²) in [5.74, 6) is 0.644. The lowest BCUT2D eigenvalue weighted by Gasteiger charge is -2.17. The molecule has 1 aromatic rings. The quantitative estimate of drug-likeness (QED) is 0.794. The third-order valence-corrected chi connectivity index (χ3v) is 2.22. The summed E-state index contributed by atoms with van der Waals surface area (Å²) < 4.78 is 0. The van der Waals surface area contributed by atoms with E-state index in [0.29, 0.717) is 31.8 Å². The van der Waals surface area contributed by atoms with Gasteiger partial charge in [0, 0.05) is 19.5 Å². The van der Waals surface area contributed by atoms with Gasteiger partial charge in [0.05, 0.1) is 12.5 Å². The first-order valence-corrected chi connectivity index (χ1v) is 5.30. The number of hydrogen-bond acceptors (Lipinski definition) is 4. The number of carbonyl (C=O) groups is 1. The van der Waals surface area contributed by atoms with Gasteiger partial charge < -0.3 is 4.90 Å². The molecule has 16 heavy (non-hydrogen) atoms. The second kappa shape index (κ2) is 5.85. The number of nitriles is 1. The fourth-order valence-electron chi connectivity index (χ4n) is 1.28. The van der Waals surface area contributed by atoms with E-state index in [-0.39, 0.29) is 11.7 Å². The molecule has 0 spiro atoms. The molecule has 0 fully saturated rings. The smallest absolute Gasteiger partial charge is 0.293 e. The molecule has 6 nitrogen and oxygen atoms in total. The molecule has 0 unspecified atom stereocenters. The summed E-state index contributed by atoms with van der Waals surface area (Å²) in [7, 11) is 0. The van der Waals surface area contributed by atoms with Crippen molar-refractivity contribution in [2.24, 2.45) is 0 Å². The predicted molar refractivity (Wildman–Crippen MR) is 57.6 cm³/mol. The maximum atomic E-state index is 11.9. The lowest BCUT2D eigenvalue weighted by Crippen LogP contribution is -2.32. The number of H-pyrrole nitrogens is 1. The highest BCUT2D eigenvalue weighted by molar-refractivity contribution is 5.90. The highest BCUT2D eigenvalue weighted by Crippen LogP contribution is 2.01. The van der Waals surface area contributed by atoms with E-state index in [2.05, 4.69) is 15.2 Å². The van der Waals surface area contributed by atoms with Crippen LogP contribution in [0.3, 0.4) is 0 Å². The van der Waals surface area contributed by atoms with Gasteiger partial charge in [-0.15, -0.1) is 5.10 Å². The van der Waals surface area contributed by atoms with Gasteiger partial charge in [0.15, 0.2) is 0 Å². The summed E-state index contributed by atoms with van der Waals surface area (Å²) >= 11 is 0. The summed E-state index contributed by atoms with van der Waals surface area (Å²) in [5, 5.41) is 15.0. The van der Waals surface area contributed by atoms with Gasteiger partial charge in [-0.1, -0.05) is 6.92 Å². The van der Waals surface area contributed by atoms with E-state index in [1.807, 2.05) is 19.9 Å². The van der Waals surface area contributed by atoms with Crippen LogP contribution in [0.4, 0.5) is 0 Å². The maximum Gasteiger partial charge on any atom is 0.293 e. The van der Waals surface area contributed by atoms with E-state index in [0.717, 1.165) is 0 Å². The third-order valence-electron chi connectivity index (χ3n) is 2.22. The molecule has 0 radical (unpaired) electrons. The molecule has 1 heterocycles. The summed E-state index contributed by atoms with van der Waals surface area (Å²) in [6, 6.07) is 2.01. The molecule has 0 aliphatic heterocycles. The monoisotopic (exact) mass is 221 g/mol. The van der Waals surface area contributed by atoms with E-state index in [1.54, 1.807) is 4.90 Å². The number of nitrogens with zero attached hydrogens (tertiary/aromatic N) is 4. The van der Waals surface area contributed by atoms with Gasteiger partial charge in [0.1, 0.15) is 5.82 Å². The van der Waals surface area contributed by atoms with Crippen molar-refractivity contribution in [1.82, 2.24) is 20.1 Å². The van der Waals surface area contributed by atoms with E-state index in [4.69, 9.17) is 5.26 Å². The van der Waals surface area contributed by atoms with Crippen LogP contribution in [-0.4, -0.2) is 39.1 Å². The Labute approximate surface area is 94.3 Å². The first kappa shape index (κ1) is 12.2. The highest BCUT2D eigenvalue weighted by Gasteiger charge is 2.18. The van der Waals surface area contributed by atoms with Crippen molar-refractivity contribution < 1.29 is 4.79 Å². The number of rotatable bonds is 5. The Morgan fingerprint density at radius 2 is 2.31 bits per heavy atom. The molecule has 1 aromatic heterocycles. The van der Waals surface area contributed by atoms with Gasteiger partial charge in [-0.25, -0.2) is 4.98 Å². The van der Waals surface area contributed by atoms with Gasteiger partial charge in [-0.05, 0) is 6.92 Å². The first-order valence-electron chi connectivity index (χ1n) is 5.30. The molecular formula is C10H15N5O. The van der Waals surface area contributed by atoms with Crippen LogP contribution in [0.1, 0.15) is 36.7 Å². The first-order chi connectivity index (χ1) is 7.72. The largest absolute Gasteiger partial charge is 0.335 e. The zero-order valence-electron chi connectivity index (χ0n) is 9.53. The van der Waals surface area contributed by atoms with E-state index < -0.39 is 0 Å². The SMILES string of the molecule is CCc1nc(C(=O)N(CC)CCC#N)n[nH]1. The van der Waals surface area contributed by atoms with Gasteiger partial charge in [-0.3, -0.25) is 9.89 Å². The highest BCUT2D eigenvalue weighted by atomic mass is 16.2. The molecule has 6 heteroatoms. The molecule has 0 atom stereocenters. The Bertz CT molecular complexity index is 392. The minimum Gasteiger partial charge on any atom is -0.335 e. The van der Waals surface area contributed by atoms with Crippen molar-refractivity contribution in [3.63, 3.8) is 0 Å². The Hall–Kier alpha value is -1.90. The molecule has 86 valence electrons. The molecule has 0 aliphatic rings. The molecule has 1 amide bonds. The molecule has 1 rings (SSSR count). The number of aryl methyl sites for hydroxylation is 1. The van der Waals surface area contributed by atoms with Crippen molar-refractivity contribution in [3.8, 4) is 6.07 Å². The Morgan fingerprint density at radius 1 is 1.56 bits per heavy atom. The molecule has 0 bridgehead atoms. The maximum absolute atomic E-state index is 11.9. The van der Waals surface area contributed by atoms with Crippen molar-refractivity contribution in [3.05, 3.63) is 11.6 Å². The molecular weight excluding hydrogens is 206 g/mol. The van der Waals surface area contributed by atoms with Gasteiger partial charge in [-0.2, -0.15) is 5.26 Å². The zero-order valence-corrected chi connectivity index (χ0v) is 9.53. The van der Waals surface area contributed by atoms with E-state index in [9.17, 15) is 4.79 Å². The van der Waals surface area contributed by atoms with E-state index in [1.165, 1.54) is 0 Å². The van der Waals surface area contributed by atoms with Crippen LogP contribution < -0.4 is 0 Å². The second-order valence-electron chi connectivity index (χ2n) is 3.25. The van der Waals surface area contributed by atoms with Crippen LogP contribution in [0.2, 0.25) is 0 Å². The van der Waals surface area contributed by atoms with E-state index >= 15 is 0 Å². The average molecular weight is 221 g/mol. The summed E-state index contributed by atoms with van der Waals surface area (Å²) in [4.78, 5) is 17.5. The van der Waals surface area contributed by atoms with Gasteiger partial charge in [0.2, 0.25) is 5.82 Å². The number of aromatic nitrogens is 3. The van der Waals surface area contributed by atoms with Crippen LogP contribution in [0.25, 0.3) is 0 Å². The Morgan fingerprint density at radius 3 is 2.81 bits per heavy atom. The standard InChI is InChI=1S/C10H15N5O/c1-3-8-12-9(14-13-8)10(16)15(4-2)7-5-6-11/h3-5,7H2,1-2H3,(H,12,13,14). The van der Waals surface area contributed by atoms with Crippen molar-refractivity contribution in [2.75, 3.05) is 13.1 Å². The molecule has 0 saturated carbocycles. The molecule has 0 aliphatic carbocycles. The number of carbonyl (C=O) groups excluding carboxylic acids is 1. The lowest BCUT2D eigenvalue weighted by molar-refractivity contribution is 0.0756. The summed E-state index contributed by atoms with van der Waals surface area (Å²) in [6.07, 6.45) is 1.04. The number of hydrogen-bond donors (Lipinski definition) is 1. The Kier molecular flexibility index (Phi) is 4.45. The number of nitrogens with one attached hydrogen (secondary N) is 1. The minimum atomic E-state index is -0.228. The van der Waals surface area contributed by atoms with Crippen LogP contribution >= 0.6 is 0 Å². The van der Waals surface area contributed by atoms with Crippen molar-refractivity contribution in [2.45, 2.75) is 26.7 Å². The van der Waals surface area contributed by atoms with Crippen molar-refractivity contribution in [1.29, 1.82) is 5.26 Å². The van der Waals surface area contributed by atoms with Crippen LogP contribution in [0, 0.1) is 11.3 Å². The summed E-state index contributed by atoms with van der Waals surface area (Å²) in [5.41, 5.74) is 0. The van der Waals surface area contributed by atoms with Crippen LogP contribution in [0.15, 0.2) is 0 Å². The van der Waals surface area contributed by atoms with Gasteiger partial charge >= 0.3 is 0 Å². The second-order valence-corrected chi connectivity index (χ2v) is 3.25. The number of amides is 1. The molecule has 1 N–H and O–H groups in total. The lowest BCUT2D eigenvalue weighted by atomic mass is 10.3. The van der Waals surface area contributed by atoms with Crippen molar-refractivity contribution >= 4 is 5.91 Å². The average Bonchev–Trinajstić information content (AvgIpc) is 2.78. The fourth-order valence-corrected chi connectivity index (χ4v) is 1.28. The summed E-state index contributed by atoms with van der Waals surface area (Å²) in [6.45, 7) is 4.77. The van der Waals surface area contributed by atoms with Crippen LogP contribution in [0.5, 0.6) is 0 Å².